The Balaban J connectivity index is 2.06. The highest BCUT2D eigenvalue weighted by Gasteiger charge is 2.16. The Labute approximate surface area is 74.2 Å². The van der Waals surface area contributed by atoms with Crippen molar-refractivity contribution in [3.8, 4) is 0 Å². The molecule has 3 nitrogen and oxygen atoms in total. The van der Waals surface area contributed by atoms with Crippen LogP contribution in [0.3, 0.4) is 0 Å². The van der Waals surface area contributed by atoms with Crippen LogP contribution in [-0.4, -0.2) is 32.0 Å². The van der Waals surface area contributed by atoms with E-state index in [4.69, 9.17) is 15.2 Å². The third kappa shape index (κ3) is 3.09. The maximum absolute atomic E-state index is 5.57. The molecule has 1 saturated heterocycles. The summed E-state index contributed by atoms with van der Waals surface area (Å²) in [4.78, 5) is 0. The van der Waals surface area contributed by atoms with Crippen LogP contribution in [-0.2, 0) is 9.47 Å². The van der Waals surface area contributed by atoms with Gasteiger partial charge in [0.1, 0.15) is 0 Å². The van der Waals surface area contributed by atoms with E-state index >= 15 is 0 Å². The first-order valence-electron chi connectivity index (χ1n) is 4.80. The van der Waals surface area contributed by atoms with Crippen molar-refractivity contribution < 1.29 is 9.47 Å². The van der Waals surface area contributed by atoms with Crippen molar-refractivity contribution in [3.63, 3.8) is 0 Å². The van der Waals surface area contributed by atoms with Crippen LogP contribution in [0.25, 0.3) is 0 Å². The van der Waals surface area contributed by atoms with Crippen LogP contribution in [0.1, 0.15) is 26.2 Å². The number of ether oxygens (including phenoxy) is 2. The Morgan fingerprint density at radius 1 is 1.67 bits per heavy atom. The predicted molar refractivity (Wildman–Crippen MR) is 48.1 cm³/mol. The van der Waals surface area contributed by atoms with Gasteiger partial charge in [-0.1, -0.05) is 6.92 Å². The van der Waals surface area contributed by atoms with E-state index in [0.717, 1.165) is 26.1 Å². The van der Waals surface area contributed by atoms with Crippen LogP contribution in [0.4, 0.5) is 0 Å². The summed E-state index contributed by atoms with van der Waals surface area (Å²) in [6.07, 6.45) is 3.84. The molecule has 0 aromatic carbocycles. The zero-order chi connectivity index (χ0) is 8.81. The Morgan fingerprint density at radius 2 is 2.50 bits per heavy atom. The topological polar surface area (TPSA) is 44.5 Å². The van der Waals surface area contributed by atoms with E-state index in [1.54, 1.807) is 0 Å². The second kappa shape index (κ2) is 5.51. The average molecular weight is 173 g/mol. The van der Waals surface area contributed by atoms with Gasteiger partial charge in [0.25, 0.3) is 0 Å². The number of hydrogen-bond acceptors (Lipinski definition) is 3. The van der Waals surface area contributed by atoms with E-state index in [2.05, 4.69) is 6.92 Å². The summed E-state index contributed by atoms with van der Waals surface area (Å²) in [5.41, 5.74) is 5.50. The van der Waals surface area contributed by atoms with Crippen molar-refractivity contribution in [2.45, 2.75) is 38.4 Å². The van der Waals surface area contributed by atoms with E-state index in [1.807, 2.05) is 0 Å². The lowest BCUT2D eigenvalue weighted by Crippen LogP contribution is -2.27. The minimum atomic E-state index is 0.217. The minimum absolute atomic E-state index is 0.217. The van der Waals surface area contributed by atoms with Gasteiger partial charge in [0.2, 0.25) is 0 Å². The fourth-order valence-electron chi connectivity index (χ4n) is 1.37. The van der Waals surface area contributed by atoms with Crippen molar-refractivity contribution in [2.24, 2.45) is 5.73 Å². The lowest BCUT2D eigenvalue weighted by Gasteiger charge is -2.16. The Bertz CT molecular complexity index is 107. The molecule has 1 heterocycles. The van der Waals surface area contributed by atoms with Crippen molar-refractivity contribution in [2.75, 3.05) is 19.8 Å². The molecule has 1 aliphatic rings. The summed E-state index contributed by atoms with van der Waals surface area (Å²) in [7, 11) is 0. The fraction of sp³-hybridized carbons (Fsp3) is 1.00. The van der Waals surface area contributed by atoms with Crippen molar-refractivity contribution >= 4 is 0 Å². The summed E-state index contributed by atoms with van der Waals surface area (Å²) in [6.45, 7) is 4.32. The van der Waals surface area contributed by atoms with Gasteiger partial charge in [0.15, 0.2) is 0 Å². The fourth-order valence-corrected chi connectivity index (χ4v) is 1.37. The molecular formula is C9H19NO2. The standard InChI is InChI=1S/C9H19NO2/c1-2-8(6-10)12-7-9-4-3-5-11-9/h8-9H,2-7,10H2,1H3. The first-order chi connectivity index (χ1) is 5.86. The molecular weight excluding hydrogens is 154 g/mol. The van der Waals surface area contributed by atoms with Gasteiger partial charge >= 0.3 is 0 Å². The molecule has 12 heavy (non-hydrogen) atoms. The second-order valence-electron chi connectivity index (χ2n) is 3.23. The molecule has 2 N–H and O–H groups in total. The maximum atomic E-state index is 5.57. The third-order valence-corrected chi connectivity index (χ3v) is 2.26. The zero-order valence-electron chi connectivity index (χ0n) is 7.79. The molecule has 2 unspecified atom stereocenters. The smallest absolute Gasteiger partial charge is 0.0809 e. The third-order valence-electron chi connectivity index (χ3n) is 2.26. The molecule has 0 spiro atoms. The quantitative estimate of drug-likeness (QED) is 0.672. The molecule has 0 aromatic heterocycles. The van der Waals surface area contributed by atoms with Gasteiger partial charge < -0.3 is 15.2 Å². The Kier molecular flexibility index (Phi) is 4.58. The largest absolute Gasteiger partial charge is 0.376 e. The van der Waals surface area contributed by atoms with Crippen molar-refractivity contribution in [1.82, 2.24) is 0 Å². The summed E-state index contributed by atoms with van der Waals surface area (Å²) in [5, 5.41) is 0. The summed E-state index contributed by atoms with van der Waals surface area (Å²) >= 11 is 0. The molecule has 2 atom stereocenters. The Morgan fingerprint density at radius 3 is 3.00 bits per heavy atom. The highest BCUT2D eigenvalue weighted by Crippen LogP contribution is 2.12. The highest BCUT2D eigenvalue weighted by atomic mass is 16.5. The molecule has 0 amide bonds. The first kappa shape index (κ1) is 9.96. The number of rotatable bonds is 5. The van der Waals surface area contributed by atoms with Crippen LogP contribution in [0.2, 0.25) is 0 Å². The summed E-state index contributed by atoms with van der Waals surface area (Å²) in [5.74, 6) is 0. The lowest BCUT2D eigenvalue weighted by molar-refractivity contribution is -0.0181. The Hall–Kier alpha value is -0.120. The van der Waals surface area contributed by atoms with E-state index in [0.29, 0.717) is 12.6 Å². The van der Waals surface area contributed by atoms with Gasteiger partial charge in [-0.3, -0.25) is 0 Å². The molecule has 0 bridgehead atoms. The van der Waals surface area contributed by atoms with Crippen LogP contribution in [0, 0.1) is 0 Å². The normalized spacial score (nSPS) is 26.0. The SMILES string of the molecule is CCC(CN)OCC1CCCO1. The van der Waals surface area contributed by atoms with Gasteiger partial charge in [-0.2, -0.15) is 0 Å². The van der Waals surface area contributed by atoms with Crippen LogP contribution in [0.5, 0.6) is 0 Å². The van der Waals surface area contributed by atoms with Crippen molar-refractivity contribution in [3.05, 3.63) is 0 Å². The highest BCUT2D eigenvalue weighted by molar-refractivity contribution is 4.65. The summed E-state index contributed by atoms with van der Waals surface area (Å²) in [6, 6.07) is 0. The molecule has 3 heteroatoms. The number of hydrogen-bond donors (Lipinski definition) is 1. The van der Waals surface area contributed by atoms with Gasteiger partial charge in [-0.15, -0.1) is 0 Å². The summed E-state index contributed by atoms with van der Waals surface area (Å²) < 4.78 is 11.0. The average Bonchev–Trinajstić information content (AvgIpc) is 2.59. The molecule has 1 aliphatic heterocycles. The minimum Gasteiger partial charge on any atom is -0.376 e. The van der Waals surface area contributed by atoms with Crippen LogP contribution in [0.15, 0.2) is 0 Å². The molecule has 1 rings (SSSR count). The molecule has 0 aliphatic carbocycles. The first-order valence-corrected chi connectivity index (χ1v) is 4.80. The van der Waals surface area contributed by atoms with Gasteiger partial charge in [0, 0.05) is 13.2 Å². The molecule has 0 radical (unpaired) electrons. The number of nitrogens with two attached hydrogens (primary N) is 1. The van der Waals surface area contributed by atoms with Crippen LogP contribution >= 0.6 is 0 Å². The molecule has 0 aromatic rings. The van der Waals surface area contributed by atoms with Gasteiger partial charge in [0.05, 0.1) is 18.8 Å². The van der Waals surface area contributed by atoms with E-state index in [-0.39, 0.29) is 6.10 Å². The van der Waals surface area contributed by atoms with Crippen molar-refractivity contribution in [1.29, 1.82) is 0 Å². The molecule has 1 fully saturated rings. The monoisotopic (exact) mass is 173 g/mol. The van der Waals surface area contributed by atoms with E-state index in [1.165, 1.54) is 6.42 Å². The van der Waals surface area contributed by atoms with Gasteiger partial charge in [-0.25, -0.2) is 0 Å². The van der Waals surface area contributed by atoms with E-state index in [9.17, 15) is 0 Å². The predicted octanol–water partition coefficient (Wildman–Crippen LogP) is 0.919. The lowest BCUT2D eigenvalue weighted by atomic mass is 10.2. The molecule has 0 saturated carbocycles. The zero-order valence-corrected chi connectivity index (χ0v) is 7.79. The maximum Gasteiger partial charge on any atom is 0.0809 e. The van der Waals surface area contributed by atoms with E-state index < -0.39 is 0 Å². The van der Waals surface area contributed by atoms with Gasteiger partial charge in [-0.05, 0) is 19.3 Å². The second-order valence-corrected chi connectivity index (χ2v) is 3.23. The van der Waals surface area contributed by atoms with Crippen LogP contribution < -0.4 is 5.73 Å². The molecule has 72 valence electrons.